The molecule has 0 aromatic rings. The lowest BCUT2D eigenvalue weighted by molar-refractivity contribution is -0.156. The van der Waals surface area contributed by atoms with Gasteiger partial charge in [-0.2, -0.15) is 0 Å². The molecular weight excluding hydrogens is 250 g/mol. The van der Waals surface area contributed by atoms with Crippen molar-refractivity contribution < 1.29 is 24.1 Å². The molecule has 6 nitrogen and oxygen atoms in total. The van der Waals surface area contributed by atoms with Crippen LogP contribution in [0.3, 0.4) is 0 Å². The minimum atomic E-state index is -1.80. The number of hydrogen-bond donors (Lipinski definition) is 2. The first-order chi connectivity index (χ1) is 8.75. The Balaban J connectivity index is 2.58. The third-order valence-electron chi connectivity index (χ3n) is 3.81. The Morgan fingerprint density at radius 2 is 2.16 bits per heavy atom. The molecule has 2 rings (SSSR count). The van der Waals surface area contributed by atoms with Crippen LogP contribution in [0.1, 0.15) is 20.3 Å². The van der Waals surface area contributed by atoms with Gasteiger partial charge in [0.2, 0.25) is 0 Å². The molecule has 3 atom stereocenters. The van der Waals surface area contributed by atoms with Crippen LogP contribution in [0, 0.1) is 5.92 Å². The molecule has 0 bridgehead atoms. The summed E-state index contributed by atoms with van der Waals surface area (Å²) in [7, 11) is 3.04. The number of carbonyl (C=O) groups excluding carboxylic acids is 1. The summed E-state index contributed by atoms with van der Waals surface area (Å²) in [5.41, 5.74) is 3.74. The summed E-state index contributed by atoms with van der Waals surface area (Å²) in [6.45, 7) is 3.35. The average molecular weight is 269 g/mol. The lowest BCUT2D eigenvalue weighted by Crippen LogP contribution is -2.56. The minimum Gasteiger partial charge on any atom is -0.500 e. The standard InChI is InChI=1S/C13H19NO5/c1-7-11(15)19-9-6-12(2,18-4)5-8(17-3)10(9)13(7,14)16/h6-7,16H,5,14H2,1-4H3. The Bertz CT molecular complexity index is 479. The van der Waals surface area contributed by atoms with E-state index in [0.717, 1.165) is 0 Å². The molecule has 19 heavy (non-hydrogen) atoms. The summed E-state index contributed by atoms with van der Waals surface area (Å²) in [5, 5.41) is 10.4. The number of methoxy groups -OCH3 is 2. The Kier molecular flexibility index (Phi) is 3.20. The molecule has 0 amide bonds. The number of fused-ring (bicyclic) bond motifs is 1. The SMILES string of the molecule is COC1=C2C(=CC(C)(OC)C1)OC(=O)C(C)C2(N)O. The molecule has 106 valence electrons. The molecule has 0 aromatic heterocycles. The fraction of sp³-hybridized carbons (Fsp3) is 0.615. The van der Waals surface area contributed by atoms with Crippen LogP contribution in [-0.2, 0) is 19.0 Å². The van der Waals surface area contributed by atoms with Gasteiger partial charge in [0, 0.05) is 13.5 Å². The highest BCUT2D eigenvalue weighted by molar-refractivity contribution is 5.79. The molecule has 1 heterocycles. The van der Waals surface area contributed by atoms with E-state index in [-0.39, 0.29) is 5.76 Å². The monoisotopic (exact) mass is 269 g/mol. The van der Waals surface area contributed by atoms with Crippen molar-refractivity contribution >= 4 is 5.97 Å². The maximum atomic E-state index is 11.8. The fourth-order valence-electron chi connectivity index (χ4n) is 2.34. The number of carbonyl (C=O) groups is 1. The van der Waals surface area contributed by atoms with Gasteiger partial charge in [0.15, 0.2) is 5.72 Å². The van der Waals surface area contributed by atoms with Gasteiger partial charge in [0.1, 0.15) is 17.4 Å². The highest BCUT2D eigenvalue weighted by Crippen LogP contribution is 2.43. The van der Waals surface area contributed by atoms with Gasteiger partial charge in [-0.1, -0.05) is 0 Å². The molecule has 0 radical (unpaired) electrons. The van der Waals surface area contributed by atoms with Crippen molar-refractivity contribution in [1.29, 1.82) is 0 Å². The topological polar surface area (TPSA) is 91.0 Å². The molecular formula is C13H19NO5. The van der Waals surface area contributed by atoms with Crippen LogP contribution in [0.5, 0.6) is 0 Å². The molecule has 3 unspecified atom stereocenters. The predicted molar refractivity (Wildman–Crippen MR) is 66.5 cm³/mol. The molecule has 3 N–H and O–H groups in total. The maximum absolute atomic E-state index is 11.8. The zero-order chi connectivity index (χ0) is 14.4. The van der Waals surface area contributed by atoms with Crippen molar-refractivity contribution in [2.75, 3.05) is 14.2 Å². The van der Waals surface area contributed by atoms with Gasteiger partial charge >= 0.3 is 5.97 Å². The van der Waals surface area contributed by atoms with E-state index in [4.69, 9.17) is 19.9 Å². The minimum absolute atomic E-state index is 0.209. The summed E-state index contributed by atoms with van der Waals surface area (Å²) >= 11 is 0. The molecule has 1 aliphatic heterocycles. The number of rotatable bonds is 2. The van der Waals surface area contributed by atoms with Crippen LogP contribution in [0.25, 0.3) is 0 Å². The van der Waals surface area contributed by atoms with Crippen LogP contribution in [-0.4, -0.2) is 36.6 Å². The normalized spacial score (nSPS) is 38.5. The summed E-state index contributed by atoms with van der Waals surface area (Å²) in [6, 6.07) is 0. The first kappa shape index (κ1) is 14.0. The van der Waals surface area contributed by atoms with Crippen molar-refractivity contribution in [2.24, 2.45) is 11.7 Å². The van der Waals surface area contributed by atoms with E-state index >= 15 is 0 Å². The van der Waals surface area contributed by atoms with Crippen molar-refractivity contribution in [3.63, 3.8) is 0 Å². The van der Waals surface area contributed by atoms with E-state index in [1.165, 1.54) is 14.0 Å². The molecule has 1 saturated heterocycles. The van der Waals surface area contributed by atoms with Crippen LogP contribution in [0.15, 0.2) is 23.2 Å². The quantitative estimate of drug-likeness (QED) is 0.557. The van der Waals surface area contributed by atoms with Gasteiger partial charge in [-0.3, -0.25) is 10.5 Å². The van der Waals surface area contributed by atoms with Crippen LogP contribution in [0.4, 0.5) is 0 Å². The first-order valence-corrected chi connectivity index (χ1v) is 6.04. The summed E-state index contributed by atoms with van der Waals surface area (Å²) in [6.07, 6.45) is 2.05. The van der Waals surface area contributed by atoms with Gasteiger partial charge in [0.05, 0.1) is 18.3 Å². The van der Waals surface area contributed by atoms with Crippen molar-refractivity contribution in [3.05, 3.63) is 23.2 Å². The zero-order valence-corrected chi connectivity index (χ0v) is 11.5. The number of esters is 1. The Morgan fingerprint density at radius 1 is 1.53 bits per heavy atom. The van der Waals surface area contributed by atoms with Crippen LogP contribution >= 0.6 is 0 Å². The molecule has 6 heteroatoms. The van der Waals surface area contributed by atoms with E-state index in [1.54, 1.807) is 13.2 Å². The second-order valence-corrected chi connectivity index (χ2v) is 5.17. The molecule has 0 aromatic carbocycles. The third kappa shape index (κ3) is 2.05. The largest absolute Gasteiger partial charge is 0.500 e. The average Bonchev–Trinajstić information content (AvgIpc) is 2.35. The summed E-state index contributed by atoms with van der Waals surface area (Å²) < 4.78 is 15.9. The molecule has 1 fully saturated rings. The lowest BCUT2D eigenvalue weighted by Gasteiger charge is -2.41. The summed E-state index contributed by atoms with van der Waals surface area (Å²) in [4.78, 5) is 11.8. The second-order valence-electron chi connectivity index (χ2n) is 5.17. The van der Waals surface area contributed by atoms with Gasteiger partial charge in [-0.05, 0) is 19.9 Å². The van der Waals surface area contributed by atoms with E-state index in [9.17, 15) is 9.90 Å². The second kappa shape index (κ2) is 4.33. The summed E-state index contributed by atoms with van der Waals surface area (Å²) in [5.74, 6) is -0.765. The van der Waals surface area contributed by atoms with Gasteiger partial charge in [0.25, 0.3) is 0 Å². The van der Waals surface area contributed by atoms with Gasteiger partial charge in [-0.15, -0.1) is 0 Å². The van der Waals surface area contributed by atoms with E-state index in [1.807, 2.05) is 6.92 Å². The van der Waals surface area contributed by atoms with E-state index in [0.29, 0.717) is 17.8 Å². The van der Waals surface area contributed by atoms with Gasteiger partial charge < -0.3 is 19.3 Å². The zero-order valence-electron chi connectivity index (χ0n) is 11.5. The smallest absolute Gasteiger partial charge is 0.318 e. The van der Waals surface area contributed by atoms with E-state index < -0.39 is 23.2 Å². The van der Waals surface area contributed by atoms with Crippen LogP contribution in [0.2, 0.25) is 0 Å². The van der Waals surface area contributed by atoms with Crippen molar-refractivity contribution in [1.82, 2.24) is 0 Å². The molecule has 1 aliphatic carbocycles. The van der Waals surface area contributed by atoms with Gasteiger partial charge in [-0.25, -0.2) is 0 Å². The molecule has 2 aliphatic rings. The highest BCUT2D eigenvalue weighted by atomic mass is 16.5. The van der Waals surface area contributed by atoms with Crippen molar-refractivity contribution in [2.45, 2.75) is 31.6 Å². The fourth-order valence-corrected chi connectivity index (χ4v) is 2.34. The number of ether oxygens (including phenoxy) is 3. The number of aliphatic hydroxyl groups is 1. The Labute approximate surface area is 111 Å². The number of nitrogens with two attached hydrogens (primary N) is 1. The molecule has 0 spiro atoms. The van der Waals surface area contributed by atoms with E-state index in [2.05, 4.69) is 0 Å². The third-order valence-corrected chi connectivity index (χ3v) is 3.81. The Hall–Kier alpha value is -1.37. The van der Waals surface area contributed by atoms with Crippen molar-refractivity contribution in [3.8, 4) is 0 Å². The highest BCUT2D eigenvalue weighted by Gasteiger charge is 2.51. The predicted octanol–water partition coefficient (Wildman–Crippen LogP) is 0.420. The lowest BCUT2D eigenvalue weighted by atomic mass is 9.80. The van der Waals surface area contributed by atoms with Crippen LogP contribution < -0.4 is 5.73 Å². The first-order valence-electron chi connectivity index (χ1n) is 6.04. The molecule has 0 saturated carbocycles. The number of hydrogen-bond acceptors (Lipinski definition) is 6. The Morgan fingerprint density at radius 3 is 2.68 bits per heavy atom. The maximum Gasteiger partial charge on any atom is 0.318 e.